The summed E-state index contributed by atoms with van der Waals surface area (Å²) < 4.78 is 23.8. The summed E-state index contributed by atoms with van der Waals surface area (Å²) in [5, 5.41) is 14.2. The standard InChI is InChI=1S/C20H20N4O4S/c1-25-14-8-6-9-15(26-2)17(14)13-11-29-20-22-21-19(24(20)23-13)12-7-5-10-16(27-3)18(12)28-4/h5-10H,11H2,1-4H3. The van der Waals surface area contributed by atoms with Crippen LogP contribution in [-0.4, -0.2) is 54.8 Å². The average molecular weight is 412 g/mol. The summed E-state index contributed by atoms with van der Waals surface area (Å²) in [5.74, 6) is 3.76. The lowest BCUT2D eigenvalue weighted by Gasteiger charge is -2.18. The van der Waals surface area contributed by atoms with Gasteiger partial charge in [-0.05, 0) is 24.3 Å². The van der Waals surface area contributed by atoms with Gasteiger partial charge in [-0.25, -0.2) is 0 Å². The van der Waals surface area contributed by atoms with E-state index in [1.807, 2.05) is 36.4 Å². The fourth-order valence-corrected chi connectivity index (χ4v) is 4.03. The Kier molecular flexibility index (Phi) is 5.30. The fourth-order valence-electron chi connectivity index (χ4n) is 3.22. The Morgan fingerprint density at radius 3 is 2.14 bits per heavy atom. The molecule has 0 N–H and O–H groups in total. The lowest BCUT2D eigenvalue weighted by atomic mass is 10.1. The molecule has 0 saturated heterocycles. The summed E-state index contributed by atoms with van der Waals surface area (Å²) in [6.45, 7) is 0. The summed E-state index contributed by atoms with van der Waals surface area (Å²) in [5.41, 5.74) is 2.36. The van der Waals surface area contributed by atoms with Crippen LogP contribution in [0.25, 0.3) is 11.4 Å². The van der Waals surface area contributed by atoms with E-state index in [4.69, 9.17) is 24.0 Å². The van der Waals surface area contributed by atoms with Crippen molar-refractivity contribution in [1.29, 1.82) is 0 Å². The van der Waals surface area contributed by atoms with Crippen molar-refractivity contribution in [2.24, 2.45) is 5.10 Å². The third-order valence-electron chi connectivity index (χ3n) is 4.53. The van der Waals surface area contributed by atoms with Gasteiger partial charge in [0.25, 0.3) is 0 Å². The van der Waals surface area contributed by atoms with E-state index < -0.39 is 0 Å². The van der Waals surface area contributed by atoms with E-state index in [1.54, 1.807) is 44.9 Å². The van der Waals surface area contributed by atoms with Crippen molar-refractivity contribution in [2.75, 3.05) is 34.2 Å². The quantitative estimate of drug-likeness (QED) is 0.614. The average Bonchev–Trinajstić information content (AvgIpc) is 3.20. The van der Waals surface area contributed by atoms with Crippen molar-refractivity contribution in [2.45, 2.75) is 5.16 Å². The molecule has 8 nitrogen and oxygen atoms in total. The molecule has 0 bridgehead atoms. The Morgan fingerprint density at radius 2 is 1.48 bits per heavy atom. The van der Waals surface area contributed by atoms with Gasteiger partial charge in [0.2, 0.25) is 5.16 Å². The monoisotopic (exact) mass is 412 g/mol. The van der Waals surface area contributed by atoms with Crippen LogP contribution in [0.1, 0.15) is 5.56 Å². The van der Waals surface area contributed by atoms with E-state index in [9.17, 15) is 0 Å². The molecular formula is C20H20N4O4S. The van der Waals surface area contributed by atoms with Gasteiger partial charge in [-0.1, -0.05) is 23.9 Å². The van der Waals surface area contributed by atoms with Crippen LogP contribution < -0.4 is 18.9 Å². The van der Waals surface area contributed by atoms with Gasteiger partial charge in [0.1, 0.15) is 11.5 Å². The Bertz CT molecular complexity index is 1060. The van der Waals surface area contributed by atoms with E-state index in [0.29, 0.717) is 39.7 Å². The number of para-hydroxylation sites is 1. The molecule has 3 aromatic rings. The molecule has 1 aromatic heterocycles. The number of thioether (sulfide) groups is 1. The lowest BCUT2D eigenvalue weighted by Crippen LogP contribution is -2.16. The minimum Gasteiger partial charge on any atom is -0.496 e. The third-order valence-corrected chi connectivity index (χ3v) is 5.46. The van der Waals surface area contributed by atoms with E-state index >= 15 is 0 Å². The molecule has 0 amide bonds. The zero-order chi connectivity index (χ0) is 20.4. The second-order valence-corrected chi connectivity index (χ2v) is 6.97. The Balaban J connectivity index is 1.88. The topological polar surface area (TPSA) is 80.0 Å². The fraction of sp³-hybridized carbons (Fsp3) is 0.250. The Hall–Kier alpha value is -3.20. The smallest absolute Gasteiger partial charge is 0.212 e. The van der Waals surface area contributed by atoms with Gasteiger partial charge < -0.3 is 18.9 Å². The van der Waals surface area contributed by atoms with E-state index in [0.717, 1.165) is 16.8 Å². The maximum atomic E-state index is 5.57. The molecule has 0 fully saturated rings. The molecule has 0 radical (unpaired) electrons. The van der Waals surface area contributed by atoms with Gasteiger partial charge in [-0.3, -0.25) is 0 Å². The molecule has 4 rings (SSSR count). The molecule has 1 aliphatic rings. The molecule has 0 aliphatic carbocycles. The molecule has 1 aliphatic heterocycles. The first-order chi connectivity index (χ1) is 14.2. The Labute approximate surface area is 172 Å². The zero-order valence-electron chi connectivity index (χ0n) is 16.5. The molecular weight excluding hydrogens is 392 g/mol. The number of rotatable bonds is 6. The number of methoxy groups -OCH3 is 4. The van der Waals surface area contributed by atoms with Crippen LogP contribution in [-0.2, 0) is 0 Å². The highest BCUT2D eigenvalue weighted by molar-refractivity contribution is 7.99. The molecule has 0 unspecified atom stereocenters. The highest BCUT2D eigenvalue weighted by atomic mass is 32.2. The minimum atomic E-state index is 0.564. The van der Waals surface area contributed by atoms with Crippen LogP contribution in [0.2, 0.25) is 0 Å². The van der Waals surface area contributed by atoms with E-state index in [2.05, 4.69) is 10.2 Å². The molecule has 2 aromatic carbocycles. The molecule has 0 atom stereocenters. The lowest BCUT2D eigenvalue weighted by molar-refractivity contribution is 0.356. The van der Waals surface area contributed by atoms with Crippen molar-refractivity contribution in [3.05, 3.63) is 42.0 Å². The molecule has 9 heteroatoms. The highest BCUT2D eigenvalue weighted by Gasteiger charge is 2.26. The van der Waals surface area contributed by atoms with Gasteiger partial charge >= 0.3 is 0 Å². The maximum absolute atomic E-state index is 5.57. The number of fused-ring (bicyclic) bond motifs is 1. The second kappa shape index (κ2) is 8.04. The summed E-state index contributed by atoms with van der Waals surface area (Å²) >= 11 is 1.54. The largest absolute Gasteiger partial charge is 0.496 e. The minimum absolute atomic E-state index is 0.564. The second-order valence-electron chi connectivity index (χ2n) is 6.03. The van der Waals surface area contributed by atoms with Crippen LogP contribution in [0.3, 0.4) is 0 Å². The predicted octanol–water partition coefficient (Wildman–Crippen LogP) is 3.34. The van der Waals surface area contributed by atoms with Crippen LogP contribution >= 0.6 is 11.8 Å². The van der Waals surface area contributed by atoms with Crippen molar-refractivity contribution >= 4 is 17.5 Å². The number of aromatic nitrogens is 3. The van der Waals surface area contributed by atoms with Gasteiger partial charge in [-0.15, -0.1) is 10.2 Å². The molecule has 0 saturated carbocycles. The predicted molar refractivity (Wildman–Crippen MR) is 111 cm³/mol. The molecule has 29 heavy (non-hydrogen) atoms. The van der Waals surface area contributed by atoms with Gasteiger partial charge in [0, 0.05) is 5.75 Å². The number of nitrogens with zero attached hydrogens (tertiary/aromatic N) is 4. The van der Waals surface area contributed by atoms with Crippen LogP contribution in [0.15, 0.2) is 46.7 Å². The van der Waals surface area contributed by atoms with Crippen molar-refractivity contribution in [3.8, 4) is 34.4 Å². The van der Waals surface area contributed by atoms with E-state index in [-0.39, 0.29) is 0 Å². The summed E-state index contributed by atoms with van der Waals surface area (Å²) in [6, 6.07) is 11.3. The molecule has 2 heterocycles. The summed E-state index contributed by atoms with van der Waals surface area (Å²) in [7, 11) is 6.45. The number of ether oxygens (including phenoxy) is 4. The SMILES string of the molecule is COc1cccc(-c2nnc3n2N=C(c2c(OC)cccc2OC)CS3)c1OC. The maximum Gasteiger partial charge on any atom is 0.212 e. The van der Waals surface area contributed by atoms with Crippen LogP contribution in [0.4, 0.5) is 0 Å². The number of benzene rings is 2. The van der Waals surface area contributed by atoms with Gasteiger partial charge in [0.05, 0.1) is 45.3 Å². The third kappa shape index (κ3) is 3.27. The summed E-state index contributed by atoms with van der Waals surface area (Å²) in [4.78, 5) is 0. The molecule has 0 spiro atoms. The number of hydrogen-bond donors (Lipinski definition) is 0. The van der Waals surface area contributed by atoms with Crippen molar-refractivity contribution < 1.29 is 18.9 Å². The van der Waals surface area contributed by atoms with Crippen molar-refractivity contribution in [1.82, 2.24) is 14.9 Å². The van der Waals surface area contributed by atoms with Crippen molar-refractivity contribution in [3.63, 3.8) is 0 Å². The zero-order valence-corrected chi connectivity index (χ0v) is 17.3. The molecule has 150 valence electrons. The van der Waals surface area contributed by atoms with Crippen LogP contribution in [0.5, 0.6) is 23.0 Å². The first kappa shape index (κ1) is 19.1. The number of hydrogen-bond acceptors (Lipinski definition) is 8. The first-order valence-corrected chi connectivity index (χ1v) is 9.79. The van der Waals surface area contributed by atoms with E-state index in [1.165, 1.54) is 0 Å². The van der Waals surface area contributed by atoms with Gasteiger partial charge in [-0.2, -0.15) is 9.78 Å². The van der Waals surface area contributed by atoms with Gasteiger partial charge in [0.15, 0.2) is 17.3 Å². The first-order valence-electron chi connectivity index (χ1n) is 8.80. The Morgan fingerprint density at radius 1 is 0.828 bits per heavy atom. The highest BCUT2D eigenvalue weighted by Crippen LogP contribution is 2.39. The van der Waals surface area contributed by atoms with Crippen LogP contribution in [0, 0.1) is 0 Å². The normalized spacial score (nSPS) is 12.8. The summed E-state index contributed by atoms with van der Waals surface area (Å²) in [6.07, 6.45) is 0.